The molecular formula is C22H32O2. The highest BCUT2D eigenvalue weighted by atomic mass is 16.4. The minimum Gasteiger partial charge on any atom is -0.478 e. The fourth-order valence-corrected chi connectivity index (χ4v) is 1.98. The molecule has 0 aliphatic rings. The molecule has 0 amide bonds. The smallest absolute Gasteiger partial charge is 0.328 e. The molecule has 0 bridgehead atoms. The van der Waals surface area contributed by atoms with E-state index >= 15 is 0 Å². The first kappa shape index (κ1) is 21.9. The lowest BCUT2D eigenvalue weighted by Gasteiger charge is -1.94. The van der Waals surface area contributed by atoms with Gasteiger partial charge in [0.2, 0.25) is 0 Å². The maximum absolute atomic E-state index is 10.2. The van der Waals surface area contributed by atoms with Gasteiger partial charge in [0.1, 0.15) is 0 Å². The second kappa shape index (κ2) is 19.0. The summed E-state index contributed by atoms with van der Waals surface area (Å²) < 4.78 is 0. The van der Waals surface area contributed by atoms with Gasteiger partial charge in [0.05, 0.1) is 0 Å². The van der Waals surface area contributed by atoms with Crippen LogP contribution in [0.4, 0.5) is 0 Å². The van der Waals surface area contributed by atoms with Crippen molar-refractivity contribution in [2.45, 2.75) is 58.3 Å². The van der Waals surface area contributed by atoms with Crippen molar-refractivity contribution < 1.29 is 9.90 Å². The van der Waals surface area contributed by atoms with Crippen LogP contribution in [0.3, 0.4) is 0 Å². The maximum Gasteiger partial charge on any atom is 0.328 e. The standard InChI is InChI=1S/C22H32O2/c1-2-3-4-5-6-7-8-9-10-11-12-13-14-15-16-17-18-19-20-21-22(23)24/h7-8,12-21H,2-6,9-11H2,1H3,(H,23,24). The van der Waals surface area contributed by atoms with E-state index in [4.69, 9.17) is 5.11 Å². The summed E-state index contributed by atoms with van der Waals surface area (Å²) >= 11 is 0. The van der Waals surface area contributed by atoms with Gasteiger partial charge in [-0.2, -0.15) is 0 Å². The van der Waals surface area contributed by atoms with Crippen LogP contribution in [-0.4, -0.2) is 11.1 Å². The minimum absolute atomic E-state index is 0.934. The Bertz CT molecular complexity index is 462. The Morgan fingerprint density at radius 1 is 0.667 bits per heavy atom. The van der Waals surface area contributed by atoms with E-state index < -0.39 is 5.97 Å². The van der Waals surface area contributed by atoms with Crippen LogP contribution in [-0.2, 0) is 4.79 Å². The Kier molecular flexibility index (Phi) is 17.3. The van der Waals surface area contributed by atoms with Crippen LogP contribution in [0, 0.1) is 0 Å². The van der Waals surface area contributed by atoms with Gasteiger partial charge in [-0.05, 0) is 32.1 Å². The number of unbranched alkanes of at least 4 members (excludes halogenated alkanes) is 6. The summed E-state index contributed by atoms with van der Waals surface area (Å²) in [4.78, 5) is 10.2. The average Bonchev–Trinajstić information content (AvgIpc) is 2.56. The Labute approximate surface area is 147 Å². The average molecular weight is 328 g/mol. The highest BCUT2D eigenvalue weighted by Gasteiger charge is 1.84. The molecule has 0 atom stereocenters. The van der Waals surface area contributed by atoms with Gasteiger partial charge in [0.15, 0.2) is 0 Å². The van der Waals surface area contributed by atoms with Crippen LogP contribution in [0.25, 0.3) is 0 Å². The molecular weight excluding hydrogens is 296 g/mol. The van der Waals surface area contributed by atoms with Crippen LogP contribution in [0.1, 0.15) is 58.3 Å². The predicted molar refractivity (Wildman–Crippen MR) is 105 cm³/mol. The number of allylic oxidation sites excluding steroid dienone is 11. The fourth-order valence-electron chi connectivity index (χ4n) is 1.98. The third-order valence-corrected chi connectivity index (χ3v) is 3.29. The van der Waals surface area contributed by atoms with E-state index in [-0.39, 0.29) is 0 Å². The van der Waals surface area contributed by atoms with Crippen molar-refractivity contribution in [3.05, 3.63) is 72.9 Å². The number of hydrogen-bond acceptors (Lipinski definition) is 1. The summed E-state index contributed by atoms with van der Waals surface area (Å²) in [6, 6.07) is 0. The Hall–Kier alpha value is -2.09. The normalized spacial score (nSPS) is 13.0. The molecule has 24 heavy (non-hydrogen) atoms. The van der Waals surface area contributed by atoms with Crippen molar-refractivity contribution in [1.82, 2.24) is 0 Å². The third kappa shape index (κ3) is 19.9. The molecule has 0 saturated heterocycles. The SMILES string of the molecule is CCCCCCC=CCCCC=CC=CC=CC=CC=CC(=O)O. The molecule has 0 aliphatic heterocycles. The first-order valence-corrected chi connectivity index (χ1v) is 8.98. The van der Waals surface area contributed by atoms with Gasteiger partial charge >= 0.3 is 5.97 Å². The zero-order valence-corrected chi connectivity index (χ0v) is 14.9. The van der Waals surface area contributed by atoms with E-state index in [0.717, 1.165) is 18.9 Å². The Morgan fingerprint density at radius 3 is 1.83 bits per heavy atom. The number of carbonyl (C=O) groups is 1. The van der Waals surface area contributed by atoms with E-state index in [1.165, 1.54) is 44.6 Å². The largest absolute Gasteiger partial charge is 0.478 e. The summed E-state index contributed by atoms with van der Waals surface area (Å²) in [5, 5.41) is 8.40. The summed E-state index contributed by atoms with van der Waals surface area (Å²) in [6.07, 6.45) is 32.7. The van der Waals surface area contributed by atoms with Crippen molar-refractivity contribution in [2.24, 2.45) is 0 Å². The van der Waals surface area contributed by atoms with Crippen LogP contribution < -0.4 is 0 Å². The molecule has 2 heteroatoms. The van der Waals surface area contributed by atoms with Gasteiger partial charge in [-0.3, -0.25) is 0 Å². The molecule has 0 radical (unpaired) electrons. The molecule has 0 rings (SSSR count). The van der Waals surface area contributed by atoms with Gasteiger partial charge in [-0.1, -0.05) is 93.0 Å². The Balaban J connectivity index is 3.54. The molecule has 0 aromatic heterocycles. The highest BCUT2D eigenvalue weighted by molar-refractivity contribution is 5.80. The molecule has 0 spiro atoms. The molecule has 2 nitrogen and oxygen atoms in total. The Morgan fingerprint density at radius 2 is 1.21 bits per heavy atom. The van der Waals surface area contributed by atoms with Gasteiger partial charge < -0.3 is 5.11 Å². The summed E-state index contributed by atoms with van der Waals surface area (Å²) in [7, 11) is 0. The molecule has 1 N–H and O–H groups in total. The summed E-state index contributed by atoms with van der Waals surface area (Å²) in [6.45, 7) is 2.24. The highest BCUT2D eigenvalue weighted by Crippen LogP contribution is 2.04. The van der Waals surface area contributed by atoms with Gasteiger partial charge in [0.25, 0.3) is 0 Å². The van der Waals surface area contributed by atoms with E-state index in [1.54, 1.807) is 12.2 Å². The predicted octanol–water partition coefficient (Wildman–Crippen LogP) is 6.55. The number of carboxylic acid groups (broad SMARTS) is 1. The minimum atomic E-state index is -0.934. The van der Waals surface area contributed by atoms with Gasteiger partial charge in [-0.25, -0.2) is 4.79 Å². The first-order chi connectivity index (χ1) is 11.8. The topological polar surface area (TPSA) is 37.3 Å². The summed E-state index contributed by atoms with van der Waals surface area (Å²) in [5.74, 6) is -0.934. The molecule has 0 aliphatic carbocycles. The van der Waals surface area contributed by atoms with Crippen molar-refractivity contribution in [3.8, 4) is 0 Å². The van der Waals surface area contributed by atoms with Crippen LogP contribution in [0.2, 0.25) is 0 Å². The maximum atomic E-state index is 10.2. The number of hydrogen-bond donors (Lipinski definition) is 1. The number of rotatable bonds is 14. The van der Waals surface area contributed by atoms with Gasteiger partial charge in [-0.15, -0.1) is 0 Å². The van der Waals surface area contributed by atoms with Crippen LogP contribution in [0.5, 0.6) is 0 Å². The molecule has 0 aromatic rings. The van der Waals surface area contributed by atoms with E-state index in [0.29, 0.717) is 0 Å². The second-order valence-corrected chi connectivity index (χ2v) is 5.53. The molecule has 0 fully saturated rings. The van der Waals surface area contributed by atoms with E-state index in [2.05, 4.69) is 31.2 Å². The van der Waals surface area contributed by atoms with E-state index in [1.807, 2.05) is 24.3 Å². The fraction of sp³-hybridized carbons (Fsp3) is 0.409. The second-order valence-electron chi connectivity index (χ2n) is 5.53. The zero-order valence-electron chi connectivity index (χ0n) is 14.9. The van der Waals surface area contributed by atoms with Gasteiger partial charge in [0, 0.05) is 6.08 Å². The lowest BCUT2D eigenvalue weighted by molar-refractivity contribution is -0.131. The lowest BCUT2D eigenvalue weighted by atomic mass is 10.1. The quantitative estimate of drug-likeness (QED) is 0.170. The van der Waals surface area contributed by atoms with Crippen molar-refractivity contribution >= 4 is 5.97 Å². The number of aliphatic carboxylic acids is 1. The first-order valence-electron chi connectivity index (χ1n) is 8.98. The molecule has 0 saturated carbocycles. The lowest BCUT2D eigenvalue weighted by Crippen LogP contribution is -1.84. The molecule has 0 aromatic carbocycles. The van der Waals surface area contributed by atoms with Crippen LogP contribution >= 0.6 is 0 Å². The zero-order chi connectivity index (χ0) is 17.7. The van der Waals surface area contributed by atoms with Crippen LogP contribution in [0.15, 0.2) is 72.9 Å². The van der Waals surface area contributed by atoms with Crippen molar-refractivity contribution in [2.75, 3.05) is 0 Å². The summed E-state index contributed by atoms with van der Waals surface area (Å²) in [5.41, 5.74) is 0. The molecule has 0 unspecified atom stereocenters. The molecule has 0 heterocycles. The monoisotopic (exact) mass is 328 g/mol. The third-order valence-electron chi connectivity index (χ3n) is 3.29. The van der Waals surface area contributed by atoms with Crippen molar-refractivity contribution in [1.29, 1.82) is 0 Å². The van der Waals surface area contributed by atoms with Crippen molar-refractivity contribution in [3.63, 3.8) is 0 Å². The molecule has 132 valence electrons. The number of carboxylic acids is 1. The van der Waals surface area contributed by atoms with E-state index in [9.17, 15) is 4.79 Å².